The van der Waals surface area contributed by atoms with Crippen molar-refractivity contribution >= 4 is 15.9 Å². The molecule has 10 atom stereocenters. The van der Waals surface area contributed by atoms with Crippen LogP contribution in [0.15, 0.2) is 0 Å². The van der Waals surface area contributed by atoms with Crippen LogP contribution in [0.2, 0.25) is 0 Å². The minimum Gasteiger partial charge on any atom is -0.390 e. The summed E-state index contributed by atoms with van der Waals surface area (Å²) in [6, 6.07) is 0. The molecule has 0 aromatic carbocycles. The second-order valence-corrected chi connectivity index (χ2v) is 15.8. The second kappa shape index (κ2) is 10.5. The Kier molecular flexibility index (Phi) is 8.59. The zero-order valence-corrected chi connectivity index (χ0v) is 26.5. The predicted octanol–water partition coefficient (Wildman–Crippen LogP) is 5.18. The molecule has 3 N–H and O–H groups in total. The first-order chi connectivity index (χ1) is 17.3. The van der Waals surface area contributed by atoms with Gasteiger partial charge in [0.15, 0.2) is 0 Å². The first-order valence-electron chi connectivity index (χ1n) is 14.8. The molecule has 7 nitrogen and oxygen atoms in total. The maximum Gasteiger partial charge on any atom is 0.0924 e. The molecule has 4 unspecified atom stereocenters. The van der Waals surface area contributed by atoms with E-state index in [9.17, 15) is 15.3 Å². The number of aliphatic hydroxyl groups excluding tert-OH is 1. The molecule has 0 aromatic rings. The Morgan fingerprint density at radius 3 is 1.97 bits per heavy atom. The molecular weight excluding hydrogens is 552 g/mol. The van der Waals surface area contributed by atoms with Gasteiger partial charge in [0.05, 0.1) is 64.1 Å². The molecule has 4 aliphatic rings. The Labute approximate surface area is 238 Å². The second-order valence-electron chi connectivity index (χ2n) is 14.7. The molecule has 4 heterocycles. The normalized spacial score (nSPS) is 46.3. The predicted molar refractivity (Wildman–Crippen MR) is 151 cm³/mol. The van der Waals surface area contributed by atoms with Gasteiger partial charge in [-0.05, 0) is 120 Å². The number of fused-ring (bicyclic) bond motifs is 1. The van der Waals surface area contributed by atoms with Crippen molar-refractivity contribution in [3.05, 3.63) is 0 Å². The van der Waals surface area contributed by atoms with E-state index in [1.165, 1.54) is 0 Å². The van der Waals surface area contributed by atoms with E-state index in [4.69, 9.17) is 18.9 Å². The van der Waals surface area contributed by atoms with Gasteiger partial charge in [-0.25, -0.2) is 0 Å². The molecule has 0 aliphatic carbocycles. The summed E-state index contributed by atoms with van der Waals surface area (Å²) in [4.78, 5) is 0.294. The molecule has 4 fully saturated rings. The molecule has 4 aliphatic heterocycles. The summed E-state index contributed by atoms with van der Waals surface area (Å²) in [5, 5.41) is 31.5. The largest absolute Gasteiger partial charge is 0.390 e. The summed E-state index contributed by atoms with van der Waals surface area (Å²) in [6.07, 6.45) is 6.60. The van der Waals surface area contributed by atoms with Crippen LogP contribution in [0.25, 0.3) is 0 Å². The molecule has 0 bridgehead atoms. The third-order valence-corrected chi connectivity index (χ3v) is 11.8. The molecule has 0 aromatic heterocycles. The number of alkyl halides is 1. The van der Waals surface area contributed by atoms with E-state index in [-0.39, 0.29) is 41.2 Å². The van der Waals surface area contributed by atoms with E-state index in [1.807, 2.05) is 0 Å². The molecule has 8 heteroatoms. The van der Waals surface area contributed by atoms with Crippen LogP contribution >= 0.6 is 15.9 Å². The number of rotatable bonds is 7. The fraction of sp³-hybridized carbons (Fsp3) is 1.00. The Morgan fingerprint density at radius 2 is 1.34 bits per heavy atom. The molecule has 0 spiro atoms. The highest BCUT2D eigenvalue weighted by Gasteiger charge is 2.57. The van der Waals surface area contributed by atoms with Gasteiger partial charge >= 0.3 is 0 Å². The average molecular weight is 606 g/mol. The van der Waals surface area contributed by atoms with Crippen LogP contribution < -0.4 is 0 Å². The molecule has 0 radical (unpaired) electrons. The van der Waals surface area contributed by atoms with Crippen molar-refractivity contribution in [1.82, 2.24) is 0 Å². The van der Waals surface area contributed by atoms with E-state index in [0.717, 1.165) is 51.4 Å². The highest BCUT2D eigenvalue weighted by Crippen LogP contribution is 2.51. The highest BCUT2D eigenvalue weighted by atomic mass is 79.9. The number of hydrogen-bond donors (Lipinski definition) is 3. The third-order valence-electron chi connectivity index (χ3n) is 10.3. The highest BCUT2D eigenvalue weighted by molar-refractivity contribution is 9.09. The van der Waals surface area contributed by atoms with Crippen molar-refractivity contribution < 1.29 is 34.3 Å². The van der Waals surface area contributed by atoms with E-state index in [2.05, 4.69) is 50.5 Å². The van der Waals surface area contributed by atoms with E-state index < -0.39 is 22.9 Å². The topological polar surface area (TPSA) is 97.6 Å². The van der Waals surface area contributed by atoms with Crippen molar-refractivity contribution in [3.63, 3.8) is 0 Å². The first kappa shape index (κ1) is 31.1. The van der Waals surface area contributed by atoms with Gasteiger partial charge in [0.2, 0.25) is 0 Å². The maximum absolute atomic E-state index is 11.2. The Morgan fingerprint density at radius 1 is 0.789 bits per heavy atom. The van der Waals surface area contributed by atoms with Gasteiger partial charge in [0.25, 0.3) is 0 Å². The van der Waals surface area contributed by atoms with Crippen LogP contribution in [0, 0.1) is 0 Å². The van der Waals surface area contributed by atoms with E-state index in [1.54, 1.807) is 20.8 Å². The van der Waals surface area contributed by atoms with E-state index >= 15 is 0 Å². The zero-order valence-electron chi connectivity index (χ0n) is 24.9. The van der Waals surface area contributed by atoms with Crippen molar-refractivity contribution in [2.24, 2.45) is 0 Å². The van der Waals surface area contributed by atoms with Gasteiger partial charge in [0.1, 0.15) is 0 Å². The number of halogens is 1. The van der Waals surface area contributed by atoms with Crippen molar-refractivity contribution in [3.8, 4) is 0 Å². The van der Waals surface area contributed by atoms with Gasteiger partial charge in [-0.15, -0.1) is 0 Å². The average Bonchev–Trinajstić information content (AvgIpc) is 3.45. The van der Waals surface area contributed by atoms with Crippen LogP contribution in [-0.2, 0) is 18.9 Å². The Bertz CT molecular complexity index is 843. The Hall–Kier alpha value is 0.200. The third kappa shape index (κ3) is 6.18. The van der Waals surface area contributed by atoms with E-state index in [0.29, 0.717) is 17.7 Å². The van der Waals surface area contributed by atoms with Crippen LogP contribution in [0.5, 0.6) is 0 Å². The van der Waals surface area contributed by atoms with Crippen molar-refractivity contribution in [2.75, 3.05) is 0 Å². The lowest BCUT2D eigenvalue weighted by Crippen LogP contribution is -2.59. The summed E-state index contributed by atoms with van der Waals surface area (Å²) >= 11 is 3.85. The van der Waals surface area contributed by atoms with Crippen LogP contribution in [0.1, 0.15) is 120 Å². The smallest absolute Gasteiger partial charge is 0.0924 e. The van der Waals surface area contributed by atoms with Gasteiger partial charge < -0.3 is 34.3 Å². The lowest BCUT2D eigenvalue weighted by Gasteiger charge is -2.51. The zero-order chi connectivity index (χ0) is 28.4. The summed E-state index contributed by atoms with van der Waals surface area (Å²) in [5.41, 5.74) is -3.73. The molecule has 0 saturated carbocycles. The molecule has 0 amide bonds. The van der Waals surface area contributed by atoms with Crippen molar-refractivity contribution in [1.29, 1.82) is 0 Å². The number of hydrogen-bond acceptors (Lipinski definition) is 7. The number of aliphatic hydroxyl groups is 3. The van der Waals surface area contributed by atoms with Crippen LogP contribution in [0.3, 0.4) is 0 Å². The molecule has 38 heavy (non-hydrogen) atoms. The fourth-order valence-electron chi connectivity index (χ4n) is 7.21. The Balaban J connectivity index is 1.37. The standard InChI is InChI=1S/C30H53BrO7/c1-25(2,33)20(32)12-15-27(5,34)21-13-17-28(6,37-21)22-9-10-23(35-22)29(7)18-14-24-30(8,38-29)16-11-19(31)26(3,4)36-24/h19-24,32-34H,9-18H2,1-8H3/t19-,20-,21?,22?,23?,24+,27-,28?,29-,30-/m1/s1. The van der Waals surface area contributed by atoms with Crippen LogP contribution in [-0.4, -0.2) is 84.3 Å². The SMILES string of the molecule is CC1(C2CCC([C@@]3(C)CC[C@@H]4OC(C)(C)[C@H](Br)CC[C@@]4(C)O3)O2)CCC([C@](C)(O)CC[C@@H](O)C(C)(C)O)O1. The maximum atomic E-state index is 11.2. The molecular formula is C30H53BrO7. The first-order valence-corrected chi connectivity index (χ1v) is 15.7. The van der Waals surface area contributed by atoms with Crippen molar-refractivity contribution in [2.45, 2.75) is 189 Å². The summed E-state index contributed by atoms with van der Waals surface area (Å²) in [5.74, 6) is 0. The van der Waals surface area contributed by atoms with Gasteiger partial charge in [-0.1, -0.05) is 15.9 Å². The van der Waals surface area contributed by atoms with Crippen LogP contribution in [0.4, 0.5) is 0 Å². The lowest BCUT2D eigenvalue weighted by atomic mass is 9.79. The van der Waals surface area contributed by atoms with Gasteiger partial charge in [0, 0.05) is 4.83 Å². The summed E-state index contributed by atoms with van der Waals surface area (Å²) in [7, 11) is 0. The fourth-order valence-corrected chi connectivity index (χ4v) is 7.55. The monoisotopic (exact) mass is 604 g/mol. The summed E-state index contributed by atoms with van der Waals surface area (Å²) in [6.45, 7) is 15.8. The summed E-state index contributed by atoms with van der Waals surface area (Å²) < 4.78 is 26.9. The minimum atomic E-state index is -1.20. The quantitative estimate of drug-likeness (QED) is 0.344. The van der Waals surface area contributed by atoms with Gasteiger partial charge in [-0.3, -0.25) is 0 Å². The van der Waals surface area contributed by atoms with Gasteiger partial charge in [-0.2, -0.15) is 0 Å². The minimum absolute atomic E-state index is 0.0109. The molecule has 222 valence electrons. The number of ether oxygens (including phenoxy) is 4. The molecule has 4 rings (SSSR count). The molecule has 4 saturated heterocycles. The lowest BCUT2D eigenvalue weighted by molar-refractivity contribution is -0.278.